The first-order valence-corrected chi connectivity index (χ1v) is 13.4. The number of rotatable bonds is 7. The van der Waals surface area contributed by atoms with E-state index >= 15 is 0 Å². The van der Waals surface area contributed by atoms with Crippen molar-refractivity contribution in [3.8, 4) is 11.3 Å². The van der Waals surface area contributed by atoms with Crippen LogP contribution in [-0.2, 0) is 17.8 Å². The second kappa shape index (κ2) is 11.3. The molecule has 178 valence electrons. The number of aromatic nitrogens is 1. The molecule has 3 heterocycles. The summed E-state index contributed by atoms with van der Waals surface area (Å²) in [5.41, 5.74) is 3.66. The lowest BCUT2D eigenvalue weighted by atomic mass is 9.90. The van der Waals surface area contributed by atoms with Crippen molar-refractivity contribution in [3.63, 3.8) is 0 Å². The van der Waals surface area contributed by atoms with E-state index in [1.165, 1.54) is 16.1 Å². The molecular weight excluding hydrogens is 440 g/mol. The predicted molar refractivity (Wildman–Crippen MR) is 139 cm³/mol. The number of hydrogen-bond donors (Lipinski definition) is 0. The first-order chi connectivity index (χ1) is 16.7. The maximum atomic E-state index is 12.9. The highest BCUT2D eigenvalue weighted by Crippen LogP contribution is 2.24. The lowest BCUT2D eigenvalue weighted by Crippen LogP contribution is -2.50. The van der Waals surface area contributed by atoms with Gasteiger partial charge < -0.3 is 4.90 Å². The molecule has 0 N–H and O–H groups in total. The summed E-state index contributed by atoms with van der Waals surface area (Å²) in [6.07, 6.45) is 3.37. The van der Waals surface area contributed by atoms with Gasteiger partial charge in [-0.2, -0.15) is 0 Å². The zero-order chi connectivity index (χ0) is 23.2. The second-order valence-corrected chi connectivity index (χ2v) is 10.5. The molecule has 2 aliphatic rings. The number of amides is 1. The van der Waals surface area contributed by atoms with Crippen molar-refractivity contribution < 1.29 is 4.79 Å². The monoisotopic (exact) mass is 474 g/mol. The second-order valence-electron chi connectivity index (χ2n) is 9.56. The van der Waals surface area contributed by atoms with E-state index in [1.807, 2.05) is 6.07 Å². The molecule has 5 rings (SSSR count). The fourth-order valence-electron chi connectivity index (χ4n) is 5.05. The summed E-state index contributed by atoms with van der Waals surface area (Å²) in [5.74, 6) is 1.00. The van der Waals surface area contributed by atoms with E-state index in [4.69, 9.17) is 4.98 Å². The van der Waals surface area contributed by atoms with Crippen molar-refractivity contribution in [3.05, 3.63) is 76.6 Å². The molecule has 0 aliphatic carbocycles. The number of piperazine rings is 1. The first kappa shape index (κ1) is 23.2. The van der Waals surface area contributed by atoms with E-state index < -0.39 is 0 Å². The summed E-state index contributed by atoms with van der Waals surface area (Å²) in [5, 5.41) is 3.32. The molecule has 34 heavy (non-hydrogen) atoms. The van der Waals surface area contributed by atoms with Gasteiger partial charge in [-0.1, -0.05) is 60.7 Å². The Morgan fingerprint density at radius 2 is 1.50 bits per heavy atom. The van der Waals surface area contributed by atoms with E-state index in [0.717, 1.165) is 70.8 Å². The van der Waals surface area contributed by atoms with Gasteiger partial charge in [0, 0.05) is 50.2 Å². The highest BCUT2D eigenvalue weighted by molar-refractivity contribution is 7.09. The first-order valence-electron chi connectivity index (χ1n) is 12.5. The molecule has 2 aliphatic heterocycles. The minimum Gasteiger partial charge on any atom is -0.342 e. The molecule has 0 saturated carbocycles. The van der Waals surface area contributed by atoms with Crippen LogP contribution in [-0.4, -0.2) is 71.4 Å². The van der Waals surface area contributed by atoms with Crippen LogP contribution < -0.4 is 0 Å². The number of likely N-dealkylation sites (tertiary alicyclic amines) is 1. The van der Waals surface area contributed by atoms with Crippen LogP contribution in [0.25, 0.3) is 11.3 Å². The van der Waals surface area contributed by atoms with Crippen molar-refractivity contribution in [2.24, 2.45) is 5.92 Å². The molecule has 1 aromatic heterocycles. The Balaban J connectivity index is 1.03. The molecule has 2 fully saturated rings. The van der Waals surface area contributed by atoms with Crippen molar-refractivity contribution >= 4 is 17.2 Å². The van der Waals surface area contributed by atoms with Crippen LogP contribution in [0.4, 0.5) is 0 Å². The Labute approximate surface area is 207 Å². The molecule has 1 amide bonds. The normalized spacial score (nSPS) is 18.3. The number of carbonyl (C=O) groups excluding carboxylic acids is 1. The van der Waals surface area contributed by atoms with E-state index in [1.54, 1.807) is 11.3 Å². The van der Waals surface area contributed by atoms with Gasteiger partial charge >= 0.3 is 0 Å². The maximum absolute atomic E-state index is 12.9. The number of piperidine rings is 1. The summed E-state index contributed by atoms with van der Waals surface area (Å²) in [6.45, 7) is 7.16. The SMILES string of the molecule is O=C(CN1CCN(Cc2nc(-c3ccccc3)cs2)CC1)N1CCC(Cc2ccccc2)CC1. The zero-order valence-electron chi connectivity index (χ0n) is 19.8. The van der Waals surface area contributed by atoms with Crippen LogP contribution in [0, 0.1) is 5.92 Å². The third-order valence-corrected chi connectivity index (χ3v) is 7.97. The quantitative estimate of drug-likeness (QED) is 0.509. The highest BCUT2D eigenvalue weighted by Gasteiger charge is 2.26. The van der Waals surface area contributed by atoms with Gasteiger partial charge in [0.25, 0.3) is 0 Å². The molecule has 0 spiro atoms. The molecule has 3 aromatic rings. The third-order valence-electron chi connectivity index (χ3n) is 7.14. The van der Waals surface area contributed by atoms with Crippen LogP contribution in [0.5, 0.6) is 0 Å². The van der Waals surface area contributed by atoms with Crippen LogP contribution >= 0.6 is 11.3 Å². The van der Waals surface area contributed by atoms with Gasteiger partial charge in [-0.15, -0.1) is 11.3 Å². The van der Waals surface area contributed by atoms with Gasteiger partial charge in [-0.3, -0.25) is 14.6 Å². The van der Waals surface area contributed by atoms with Gasteiger partial charge in [-0.25, -0.2) is 4.98 Å². The van der Waals surface area contributed by atoms with E-state index in [9.17, 15) is 4.79 Å². The number of carbonyl (C=O) groups is 1. The Morgan fingerprint density at radius 1 is 0.853 bits per heavy atom. The molecular formula is C28H34N4OS. The minimum atomic E-state index is 0.305. The molecule has 2 saturated heterocycles. The molecule has 0 radical (unpaired) electrons. The number of benzene rings is 2. The van der Waals surface area contributed by atoms with E-state index in [0.29, 0.717) is 18.4 Å². The fraction of sp³-hybridized carbons (Fsp3) is 0.429. The number of hydrogen-bond acceptors (Lipinski definition) is 5. The summed E-state index contributed by atoms with van der Waals surface area (Å²) in [7, 11) is 0. The van der Waals surface area contributed by atoms with Crippen molar-refractivity contribution in [1.29, 1.82) is 0 Å². The lowest BCUT2D eigenvalue weighted by Gasteiger charge is -2.37. The molecule has 0 bridgehead atoms. The summed E-state index contributed by atoms with van der Waals surface area (Å²) < 4.78 is 0. The average Bonchev–Trinajstić information content (AvgIpc) is 3.35. The summed E-state index contributed by atoms with van der Waals surface area (Å²) in [4.78, 5) is 24.6. The van der Waals surface area contributed by atoms with Crippen molar-refractivity contribution in [1.82, 2.24) is 19.7 Å². The Bertz CT molecular complexity index is 1040. The van der Waals surface area contributed by atoms with E-state index in [2.05, 4.69) is 74.7 Å². The van der Waals surface area contributed by atoms with Crippen LogP contribution in [0.15, 0.2) is 66.0 Å². The summed E-state index contributed by atoms with van der Waals surface area (Å²) >= 11 is 1.74. The zero-order valence-corrected chi connectivity index (χ0v) is 20.6. The molecule has 0 atom stereocenters. The standard InChI is InChI=1S/C28H34N4OS/c33-28(32-13-11-24(12-14-32)19-23-7-3-1-4-8-23)21-31-17-15-30(16-18-31)20-27-29-26(22-34-27)25-9-5-2-6-10-25/h1-10,22,24H,11-21H2. The lowest BCUT2D eigenvalue weighted by molar-refractivity contribution is -0.134. The number of nitrogens with zero attached hydrogens (tertiary/aromatic N) is 4. The Morgan fingerprint density at radius 3 is 2.21 bits per heavy atom. The van der Waals surface area contributed by atoms with Crippen LogP contribution in [0.3, 0.4) is 0 Å². The van der Waals surface area contributed by atoms with Crippen LogP contribution in [0.2, 0.25) is 0 Å². The average molecular weight is 475 g/mol. The van der Waals surface area contributed by atoms with Gasteiger partial charge in [0.1, 0.15) is 5.01 Å². The third kappa shape index (κ3) is 6.12. The van der Waals surface area contributed by atoms with Crippen molar-refractivity contribution in [2.75, 3.05) is 45.8 Å². The van der Waals surface area contributed by atoms with Gasteiger partial charge in [-0.05, 0) is 30.7 Å². The molecule has 0 unspecified atom stereocenters. The van der Waals surface area contributed by atoms with Crippen LogP contribution in [0.1, 0.15) is 23.4 Å². The van der Waals surface area contributed by atoms with Gasteiger partial charge in [0.05, 0.1) is 18.8 Å². The maximum Gasteiger partial charge on any atom is 0.236 e. The molecule has 6 heteroatoms. The smallest absolute Gasteiger partial charge is 0.236 e. The minimum absolute atomic E-state index is 0.305. The van der Waals surface area contributed by atoms with Gasteiger partial charge in [0.2, 0.25) is 5.91 Å². The predicted octanol–water partition coefficient (Wildman–Crippen LogP) is 4.41. The summed E-state index contributed by atoms with van der Waals surface area (Å²) in [6, 6.07) is 21.1. The van der Waals surface area contributed by atoms with E-state index in [-0.39, 0.29) is 0 Å². The Hall–Kier alpha value is -2.54. The highest BCUT2D eigenvalue weighted by atomic mass is 32.1. The molecule has 5 nitrogen and oxygen atoms in total. The fourth-order valence-corrected chi connectivity index (χ4v) is 5.89. The Kier molecular flexibility index (Phi) is 7.69. The molecule has 2 aromatic carbocycles. The number of thiazole rings is 1. The van der Waals surface area contributed by atoms with Gasteiger partial charge in [0.15, 0.2) is 0 Å². The van der Waals surface area contributed by atoms with Crippen molar-refractivity contribution in [2.45, 2.75) is 25.8 Å². The topological polar surface area (TPSA) is 39.7 Å². The largest absolute Gasteiger partial charge is 0.342 e.